The topological polar surface area (TPSA) is 52.0 Å². The maximum atomic E-state index is 6.01. The second-order valence-electron chi connectivity index (χ2n) is 5.48. The summed E-state index contributed by atoms with van der Waals surface area (Å²) >= 11 is 5.26. The number of benzene rings is 1. The normalized spacial score (nSPS) is 15.1. The Labute approximate surface area is 135 Å². The summed E-state index contributed by atoms with van der Waals surface area (Å²) in [6, 6.07) is 6.04. The van der Waals surface area contributed by atoms with E-state index in [1.165, 1.54) is 42.5 Å². The van der Waals surface area contributed by atoms with Crippen LogP contribution in [0, 0.1) is 0 Å². The summed E-state index contributed by atoms with van der Waals surface area (Å²) in [5, 5.41) is 0. The van der Waals surface area contributed by atoms with Gasteiger partial charge in [0, 0.05) is 9.35 Å². The fraction of sp³-hybridized carbons (Fsp3) is 0.312. The Morgan fingerprint density at radius 3 is 2.90 bits per heavy atom. The molecule has 2 N–H and O–H groups in total. The highest BCUT2D eigenvalue weighted by Gasteiger charge is 2.17. The fourth-order valence-corrected chi connectivity index (χ4v) is 4.54. The monoisotopic (exact) mass is 362 g/mol. The van der Waals surface area contributed by atoms with E-state index in [-0.39, 0.29) is 0 Å². The Balaban J connectivity index is 1.81. The lowest BCUT2D eigenvalue weighted by atomic mass is 10.1. The zero-order valence-electron chi connectivity index (χ0n) is 11.5. The number of nitrogens with zero attached hydrogens (tertiary/aromatic N) is 1. The Bertz CT molecular complexity index is 798. The van der Waals surface area contributed by atoms with Gasteiger partial charge in [0.05, 0.1) is 10.6 Å². The summed E-state index contributed by atoms with van der Waals surface area (Å²) in [6.07, 6.45) is 6.29. The molecule has 0 bridgehead atoms. The van der Waals surface area contributed by atoms with Gasteiger partial charge in [-0.05, 0) is 49.4 Å². The molecule has 0 aliphatic heterocycles. The summed E-state index contributed by atoms with van der Waals surface area (Å²) in [5.41, 5.74) is 9.59. The average Bonchev–Trinajstić information content (AvgIpc) is 2.98. The van der Waals surface area contributed by atoms with Crippen LogP contribution < -0.4 is 5.73 Å². The fourth-order valence-electron chi connectivity index (χ4n) is 2.90. The number of rotatable bonds is 1. The smallest absolute Gasteiger partial charge is 0.237 e. The van der Waals surface area contributed by atoms with Crippen molar-refractivity contribution < 1.29 is 4.42 Å². The van der Waals surface area contributed by atoms with Crippen molar-refractivity contribution in [1.29, 1.82) is 0 Å². The molecule has 0 atom stereocenters. The number of anilines is 1. The van der Waals surface area contributed by atoms with E-state index in [4.69, 9.17) is 10.2 Å². The number of halogens is 1. The molecule has 2 aromatic heterocycles. The molecule has 0 unspecified atom stereocenters. The molecule has 0 saturated carbocycles. The minimum Gasteiger partial charge on any atom is -0.433 e. The van der Waals surface area contributed by atoms with Crippen LogP contribution in [0.1, 0.15) is 29.7 Å². The average molecular weight is 363 g/mol. The molecule has 0 fully saturated rings. The third kappa shape index (κ3) is 2.38. The summed E-state index contributed by atoms with van der Waals surface area (Å²) in [5.74, 6) is 0.688. The molecule has 1 aliphatic carbocycles. The SMILES string of the molecule is Nc1cc(Br)cc2nc(-c3cc4c(s3)CCCCC4)oc12. The molecule has 1 aromatic carbocycles. The van der Waals surface area contributed by atoms with Crippen molar-refractivity contribution in [3.8, 4) is 10.8 Å². The first-order valence-corrected chi connectivity index (χ1v) is 8.79. The third-order valence-corrected chi connectivity index (χ3v) is 5.62. The second-order valence-corrected chi connectivity index (χ2v) is 7.53. The molecule has 21 heavy (non-hydrogen) atoms. The van der Waals surface area contributed by atoms with Crippen molar-refractivity contribution in [3.05, 3.63) is 33.1 Å². The molecule has 0 saturated heterocycles. The maximum Gasteiger partial charge on any atom is 0.237 e. The Kier molecular flexibility index (Phi) is 3.27. The first kappa shape index (κ1) is 13.3. The summed E-state index contributed by atoms with van der Waals surface area (Å²) in [7, 11) is 0. The van der Waals surface area contributed by atoms with Crippen molar-refractivity contribution in [1.82, 2.24) is 4.98 Å². The number of aromatic nitrogens is 1. The minimum atomic E-state index is 0.622. The molecule has 108 valence electrons. The summed E-state index contributed by atoms with van der Waals surface area (Å²) in [6.45, 7) is 0. The molecule has 3 aromatic rings. The van der Waals surface area contributed by atoms with Crippen LogP contribution in [0.4, 0.5) is 5.69 Å². The number of fused-ring (bicyclic) bond motifs is 2. The van der Waals surface area contributed by atoms with Gasteiger partial charge in [0.2, 0.25) is 5.89 Å². The highest BCUT2D eigenvalue weighted by atomic mass is 79.9. The zero-order valence-corrected chi connectivity index (χ0v) is 13.9. The molecule has 0 spiro atoms. The van der Waals surface area contributed by atoms with Crippen molar-refractivity contribution in [2.45, 2.75) is 32.1 Å². The molecule has 5 heteroatoms. The van der Waals surface area contributed by atoms with Gasteiger partial charge >= 0.3 is 0 Å². The highest BCUT2D eigenvalue weighted by molar-refractivity contribution is 9.10. The highest BCUT2D eigenvalue weighted by Crippen LogP contribution is 2.37. The molecule has 3 nitrogen and oxygen atoms in total. The number of nitrogen functional groups attached to an aromatic ring is 1. The number of hydrogen-bond acceptors (Lipinski definition) is 4. The van der Waals surface area contributed by atoms with E-state index in [2.05, 4.69) is 27.0 Å². The maximum absolute atomic E-state index is 6.01. The van der Waals surface area contributed by atoms with Crippen LogP contribution in [0.2, 0.25) is 0 Å². The van der Waals surface area contributed by atoms with Gasteiger partial charge in [-0.3, -0.25) is 0 Å². The van der Waals surface area contributed by atoms with E-state index < -0.39 is 0 Å². The quantitative estimate of drug-likeness (QED) is 0.479. The predicted octanol–water partition coefficient (Wildman–Crippen LogP) is 5.17. The number of thiophene rings is 1. The Hall–Kier alpha value is -1.33. The largest absolute Gasteiger partial charge is 0.433 e. The van der Waals surface area contributed by atoms with Gasteiger partial charge < -0.3 is 10.2 Å². The van der Waals surface area contributed by atoms with E-state index in [0.29, 0.717) is 17.2 Å². The molecule has 1 aliphatic rings. The molecule has 4 rings (SSSR count). The molecule has 0 radical (unpaired) electrons. The van der Waals surface area contributed by atoms with Gasteiger partial charge in [0.25, 0.3) is 0 Å². The van der Waals surface area contributed by atoms with Gasteiger partial charge in [-0.25, -0.2) is 4.98 Å². The van der Waals surface area contributed by atoms with Crippen LogP contribution in [0.25, 0.3) is 21.9 Å². The van der Waals surface area contributed by atoms with Gasteiger partial charge in [-0.15, -0.1) is 11.3 Å². The first-order valence-electron chi connectivity index (χ1n) is 7.18. The van der Waals surface area contributed by atoms with E-state index >= 15 is 0 Å². The van der Waals surface area contributed by atoms with Crippen LogP contribution in [-0.4, -0.2) is 4.98 Å². The lowest BCUT2D eigenvalue weighted by Crippen LogP contribution is -1.84. The van der Waals surface area contributed by atoms with Crippen molar-refractivity contribution in [2.24, 2.45) is 0 Å². The van der Waals surface area contributed by atoms with Crippen LogP contribution in [0.15, 0.2) is 27.1 Å². The van der Waals surface area contributed by atoms with Gasteiger partial charge in [0.1, 0.15) is 5.52 Å². The third-order valence-electron chi connectivity index (χ3n) is 3.94. The summed E-state index contributed by atoms with van der Waals surface area (Å²) < 4.78 is 6.83. The van der Waals surface area contributed by atoms with Crippen molar-refractivity contribution in [3.63, 3.8) is 0 Å². The lowest BCUT2D eigenvalue weighted by molar-refractivity contribution is 0.622. The van der Waals surface area contributed by atoms with Crippen LogP contribution in [0.5, 0.6) is 0 Å². The molecule has 0 amide bonds. The van der Waals surface area contributed by atoms with E-state index in [1.54, 1.807) is 0 Å². The van der Waals surface area contributed by atoms with Crippen LogP contribution >= 0.6 is 27.3 Å². The lowest BCUT2D eigenvalue weighted by Gasteiger charge is -1.94. The van der Waals surface area contributed by atoms with E-state index in [1.807, 2.05) is 23.5 Å². The Morgan fingerprint density at radius 1 is 1.14 bits per heavy atom. The zero-order chi connectivity index (χ0) is 14.4. The van der Waals surface area contributed by atoms with E-state index in [9.17, 15) is 0 Å². The van der Waals surface area contributed by atoms with Crippen LogP contribution in [0.3, 0.4) is 0 Å². The molecular weight excluding hydrogens is 348 g/mol. The van der Waals surface area contributed by atoms with E-state index in [0.717, 1.165) is 14.9 Å². The summed E-state index contributed by atoms with van der Waals surface area (Å²) in [4.78, 5) is 7.22. The number of nitrogens with two attached hydrogens (primary N) is 1. The number of aryl methyl sites for hydroxylation is 2. The molecular formula is C16H15BrN2OS. The first-order chi connectivity index (χ1) is 10.2. The Morgan fingerprint density at radius 2 is 2.00 bits per heavy atom. The number of hydrogen-bond donors (Lipinski definition) is 1. The standard InChI is InChI=1S/C16H15BrN2OS/c17-10-7-11(18)15-12(8-10)19-16(20-15)14-6-9-4-2-1-3-5-13(9)21-14/h6-8H,1-5,18H2. The minimum absolute atomic E-state index is 0.622. The predicted molar refractivity (Wildman–Crippen MR) is 90.7 cm³/mol. The second kappa shape index (κ2) is 5.14. The molecule has 2 heterocycles. The van der Waals surface area contributed by atoms with Gasteiger partial charge in [-0.1, -0.05) is 22.4 Å². The van der Waals surface area contributed by atoms with Gasteiger partial charge in [0.15, 0.2) is 5.58 Å². The van der Waals surface area contributed by atoms with Crippen molar-refractivity contribution >= 4 is 44.1 Å². The van der Waals surface area contributed by atoms with Gasteiger partial charge in [-0.2, -0.15) is 0 Å². The number of oxazole rings is 1. The van der Waals surface area contributed by atoms with Crippen molar-refractivity contribution in [2.75, 3.05) is 5.73 Å². The van der Waals surface area contributed by atoms with Crippen LogP contribution in [-0.2, 0) is 12.8 Å².